The molecule has 1 saturated heterocycles. The average molecular weight is 596 g/mol. The topological polar surface area (TPSA) is 86.8 Å². The third kappa shape index (κ3) is 7.10. The first-order chi connectivity index (χ1) is 20.2. The number of pyridine rings is 1. The van der Waals surface area contributed by atoms with Crippen LogP contribution in [0.15, 0.2) is 91.1 Å². The summed E-state index contributed by atoms with van der Waals surface area (Å²) in [5.74, 6) is 1.73. The third-order valence-corrected chi connectivity index (χ3v) is 6.83. The third-order valence-electron chi connectivity index (χ3n) is 6.50. The molecule has 0 unspecified atom stereocenters. The van der Waals surface area contributed by atoms with E-state index in [-0.39, 0.29) is 11.6 Å². The molecule has 0 aliphatic carbocycles. The number of amides is 3. The summed E-state index contributed by atoms with van der Waals surface area (Å²) in [6.45, 7) is 2.52. The molecule has 1 aliphatic heterocycles. The van der Waals surface area contributed by atoms with Crippen LogP contribution in [0.3, 0.4) is 0 Å². The number of ether oxygens (including phenoxy) is 1. The fourth-order valence-corrected chi connectivity index (χ4v) is 4.64. The van der Waals surface area contributed by atoms with E-state index in [1.807, 2.05) is 18.2 Å². The number of benzene rings is 3. The van der Waals surface area contributed by atoms with Crippen LogP contribution >= 0.6 is 11.6 Å². The summed E-state index contributed by atoms with van der Waals surface area (Å²) in [6, 6.07) is 21.4. The van der Waals surface area contributed by atoms with E-state index >= 15 is 0 Å². The number of hydrogen-bond donors (Lipinski definition) is 2. The highest BCUT2D eigenvalue weighted by molar-refractivity contribution is 6.31. The van der Waals surface area contributed by atoms with Gasteiger partial charge in [-0.2, -0.15) is 13.2 Å². The van der Waals surface area contributed by atoms with Gasteiger partial charge in [0, 0.05) is 49.3 Å². The van der Waals surface area contributed by atoms with Gasteiger partial charge in [-0.05, 0) is 72.8 Å². The Morgan fingerprint density at radius 2 is 1.52 bits per heavy atom. The Morgan fingerprint density at radius 3 is 2.21 bits per heavy atom. The molecule has 3 aromatic carbocycles. The molecule has 2 heterocycles. The second kappa shape index (κ2) is 12.4. The average Bonchev–Trinajstić information content (AvgIpc) is 2.99. The molecule has 5 rings (SSSR count). The molecule has 0 radical (unpaired) electrons. The molecule has 0 saturated carbocycles. The van der Waals surface area contributed by atoms with Crippen molar-refractivity contribution >= 4 is 40.7 Å². The lowest BCUT2D eigenvalue weighted by Gasteiger charge is -2.35. The Balaban J connectivity index is 1.15. The summed E-state index contributed by atoms with van der Waals surface area (Å²) in [7, 11) is 0. The van der Waals surface area contributed by atoms with Crippen LogP contribution in [-0.4, -0.2) is 48.0 Å². The van der Waals surface area contributed by atoms with Gasteiger partial charge < -0.3 is 25.2 Å². The van der Waals surface area contributed by atoms with Gasteiger partial charge >= 0.3 is 12.2 Å². The van der Waals surface area contributed by atoms with Gasteiger partial charge in [0.25, 0.3) is 5.91 Å². The zero-order valence-corrected chi connectivity index (χ0v) is 22.8. The van der Waals surface area contributed by atoms with Gasteiger partial charge in [-0.1, -0.05) is 23.7 Å². The van der Waals surface area contributed by atoms with Crippen LogP contribution in [0.25, 0.3) is 0 Å². The van der Waals surface area contributed by atoms with Crippen molar-refractivity contribution in [1.82, 2.24) is 9.88 Å². The molecule has 0 atom stereocenters. The van der Waals surface area contributed by atoms with Crippen LogP contribution in [0.5, 0.6) is 11.5 Å². The summed E-state index contributed by atoms with van der Waals surface area (Å²) >= 11 is 5.62. The van der Waals surface area contributed by atoms with Crippen LogP contribution in [0.4, 0.5) is 35.2 Å². The predicted octanol–water partition coefficient (Wildman–Crippen LogP) is 7.15. The molecule has 1 aliphatic rings. The number of halogens is 4. The predicted molar refractivity (Wildman–Crippen MR) is 154 cm³/mol. The quantitative estimate of drug-likeness (QED) is 0.247. The van der Waals surface area contributed by atoms with Crippen molar-refractivity contribution in [2.75, 3.05) is 41.7 Å². The van der Waals surface area contributed by atoms with E-state index in [0.717, 1.165) is 18.0 Å². The standard InChI is InChI=1S/C30H25ClF3N5O3/c31-26-12-9-22(19-25(26)30(32,33)34)37-29(41)36-21-7-10-23(11-8-21)42-24-5-3-4-20(18-24)28(40)39-16-14-38(15-17-39)27-6-1-2-13-35-27/h1-13,18-19H,14-17H2,(H2,36,37,41). The Labute approximate surface area is 244 Å². The second-order valence-corrected chi connectivity index (χ2v) is 9.80. The van der Waals surface area contributed by atoms with Crippen LogP contribution in [0.1, 0.15) is 15.9 Å². The molecule has 3 amide bonds. The lowest BCUT2D eigenvalue weighted by molar-refractivity contribution is -0.137. The van der Waals surface area contributed by atoms with Gasteiger partial charge in [-0.25, -0.2) is 9.78 Å². The van der Waals surface area contributed by atoms with Gasteiger partial charge in [-0.15, -0.1) is 0 Å². The Kier molecular flexibility index (Phi) is 8.48. The molecule has 1 aromatic heterocycles. The maximum absolute atomic E-state index is 13.1. The van der Waals surface area contributed by atoms with E-state index in [0.29, 0.717) is 48.9 Å². The molecule has 8 nitrogen and oxygen atoms in total. The van der Waals surface area contributed by atoms with E-state index < -0.39 is 22.8 Å². The number of nitrogens with zero attached hydrogens (tertiary/aromatic N) is 3. The molecular weight excluding hydrogens is 571 g/mol. The molecular formula is C30H25ClF3N5O3. The first-order valence-corrected chi connectivity index (χ1v) is 13.3. The summed E-state index contributed by atoms with van der Waals surface area (Å²) in [5, 5.41) is 4.45. The van der Waals surface area contributed by atoms with E-state index in [1.165, 1.54) is 6.07 Å². The van der Waals surface area contributed by atoms with Gasteiger partial charge in [0.05, 0.1) is 10.6 Å². The maximum Gasteiger partial charge on any atom is 0.417 e. The van der Waals surface area contributed by atoms with E-state index in [2.05, 4.69) is 20.5 Å². The number of anilines is 3. The highest BCUT2D eigenvalue weighted by atomic mass is 35.5. The van der Waals surface area contributed by atoms with E-state index in [9.17, 15) is 22.8 Å². The number of carbonyl (C=O) groups excluding carboxylic acids is 2. The molecule has 12 heteroatoms. The minimum Gasteiger partial charge on any atom is -0.457 e. The largest absolute Gasteiger partial charge is 0.457 e. The van der Waals surface area contributed by atoms with Gasteiger partial charge in [0.15, 0.2) is 0 Å². The minimum atomic E-state index is -4.65. The van der Waals surface area contributed by atoms with Crippen LogP contribution < -0.4 is 20.3 Å². The lowest BCUT2D eigenvalue weighted by Crippen LogP contribution is -2.49. The number of nitrogens with one attached hydrogen (secondary N) is 2. The van der Waals surface area contributed by atoms with Crippen molar-refractivity contribution in [2.45, 2.75) is 6.18 Å². The molecule has 42 heavy (non-hydrogen) atoms. The minimum absolute atomic E-state index is 0.0614. The van der Waals surface area contributed by atoms with Crippen LogP contribution in [0, 0.1) is 0 Å². The number of aromatic nitrogens is 1. The smallest absolute Gasteiger partial charge is 0.417 e. The summed E-state index contributed by atoms with van der Waals surface area (Å²) in [4.78, 5) is 33.8. The zero-order valence-electron chi connectivity index (χ0n) is 22.1. The van der Waals surface area contributed by atoms with Crippen LogP contribution in [0.2, 0.25) is 5.02 Å². The fraction of sp³-hybridized carbons (Fsp3) is 0.167. The van der Waals surface area contributed by atoms with Crippen molar-refractivity contribution in [3.63, 3.8) is 0 Å². The molecule has 0 spiro atoms. The highest BCUT2D eigenvalue weighted by Crippen LogP contribution is 2.36. The second-order valence-electron chi connectivity index (χ2n) is 9.39. The number of hydrogen-bond acceptors (Lipinski definition) is 5. The highest BCUT2D eigenvalue weighted by Gasteiger charge is 2.33. The van der Waals surface area contributed by atoms with Crippen molar-refractivity contribution in [1.29, 1.82) is 0 Å². The molecule has 2 N–H and O–H groups in total. The SMILES string of the molecule is O=C(Nc1ccc(Oc2cccc(C(=O)N3CCN(c4ccccn4)CC3)c2)cc1)Nc1ccc(Cl)c(C(F)(F)F)c1. The summed E-state index contributed by atoms with van der Waals surface area (Å²) in [5.41, 5.74) is -0.214. The van der Waals surface area contributed by atoms with E-state index in [1.54, 1.807) is 59.6 Å². The number of rotatable bonds is 6. The summed E-state index contributed by atoms with van der Waals surface area (Å²) in [6.07, 6.45) is -2.90. The number of urea groups is 1. The molecule has 1 fully saturated rings. The number of piperazine rings is 1. The maximum atomic E-state index is 13.1. The van der Waals surface area contributed by atoms with Gasteiger partial charge in [0.1, 0.15) is 17.3 Å². The molecule has 0 bridgehead atoms. The lowest BCUT2D eigenvalue weighted by atomic mass is 10.1. The zero-order chi connectivity index (χ0) is 29.7. The van der Waals surface area contributed by atoms with Crippen molar-refractivity contribution in [2.24, 2.45) is 0 Å². The molecule has 4 aromatic rings. The van der Waals surface area contributed by atoms with Crippen molar-refractivity contribution in [3.05, 3.63) is 107 Å². The number of alkyl halides is 3. The van der Waals surface area contributed by atoms with Crippen LogP contribution in [-0.2, 0) is 6.18 Å². The summed E-state index contributed by atoms with van der Waals surface area (Å²) < 4.78 is 45.1. The fourth-order valence-electron chi connectivity index (χ4n) is 4.41. The Bertz CT molecular complexity index is 1560. The monoisotopic (exact) mass is 595 g/mol. The molecule has 216 valence electrons. The van der Waals surface area contributed by atoms with E-state index in [4.69, 9.17) is 16.3 Å². The van der Waals surface area contributed by atoms with Gasteiger partial charge in [0.2, 0.25) is 0 Å². The first-order valence-electron chi connectivity index (χ1n) is 12.9. The van der Waals surface area contributed by atoms with Crippen molar-refractivity contribution in [3.8, 4) is 11.5 Å². The Morgan fingerprint density at radius 1 is 0.810 bits per heavy atom. The Hall–Kier alpha value is -4.77. The van der Waals surface area contributed by atoms with Gasteiger partial charge in [-0.3, -0.25) is 4.79 Å². The normalized spacial score (nSPS) is 13.4. The van der Waals surface area contributed by atoms with Crippen molar-refractivity contribution < 1.29 is 27.5 Å². The number of carbonyl (C=O) groups is 2. The first kappa shape index (κ1) is 28.7.